The van der Waals surface area contributed by atoms with Gasteiger partial charge in [0.25, 0.3) is 5.91 Å². The van der Waals surface area contributed by atoms with E-state index in [9.17, 15) is 14.0 Å². The first-order valence-electron chi connectivity index (χ1n) is 5.58. The number of carboxylic acids is 1. The number of carbonyl (C=O) groups is 2. The van der Waals surface area contributed by atoms with Gasteiger partial charge in [0.1, 0.15) is 5.82 Å². The van der Waals surface area contributed by atoms with Crippen molar-refractivity contribution >= 4 is 29.2 Å². The van der Waals surface area contributed by atoms with Crippen LogP contribution in [0.3, 0.4) is 0 Å². The highest BCUT2D eigenvalue weighted by Crippen LogP contribution is 2.22. The number of carboxylic acid groups (broad SMARTS) is 1. The third-order valence-electron chi connectivity index (χ3n) is 2.60. The van der Waals surface area contributed by atoms with Gasteiger partial charge in [-0.3, -0.25) is 4.79 Å². The van der Waals surface area contributed by atoms with Crippen LogP contribution in [0.2, 0.25) is 5.02 Å². The van der Waals surface area contributed by atoms with Crippen LogP contribution in [-0.4, -0.2) is 17.0 Å². The number of halogens is 2. The maximum Gasteiger partial charge on any atom is 0.337 e. The molecule has 0 bridgehead atoms. The molecular weight excluding hydrogens is 285 g/mol. The molecule has 0 spiro atoms. The molecule has 4 nitrogen and oxygen atoms in total. The molecule has 0 radical (unpaired) electrons. The minimum absolute atomic E-state index is 0.0617. The fraction of sp³-hybridized carbons (Fsp3) is 0. The highest BCUT2D eigenvalue weighted by Gasteiger charge is 2.16. The molecule has 1 amide bonds. The maximum atomic E-state index is 13.3. The van der Waals surface area contributed by atoms with Crippen LogP contribution < -0.4 is 5.32 Å². The summed E-state index contributed by atoms with van der Waals surface area (Å²) in [5.74, 6) is -2.57. The fourth-order valence-corrected chi connectivity index (χ4v) is 1.86. The number of amides is 1. The Morgan fingerprint density at radius 3 is 2.40 bits per heavy atom. The molecule has 0 aromatic heterocycles. The molecule has 20 heavy (non-hydrogen) atoms. The summed E-state index contributed by atoms with van der Waals surface area (Å²) in [7, 11) is 0. The topological polar surface area (TPSA) is 66.4 Å². The van der Waals surface area contributed by atoms with E-state index >= 15 is 0 Å². The van der Waals surface area contributed by atoms with E-state index in [1.54, 1.807) is 6.07 Å². The molecule has 102 valence electrons. The van der Waals surface area contributed by atoms with Crippen molar-refractivity contribution in [3.05, 3.63) is 64.4 Å². The first kappa shape index (κ1) is 14.0. The van der Waals surface area contributed by atoms with Crippen molar-refractivity contribution in [2.75, 3.05) is 5.32 Å². The molecule has 0 atom stereocenters. The van der Waals surface area contributed by atoms with Gasteiger partial charge in [0.2, 0.25) is 0 Å². The summed E-state index contributed by atoms with van der Waals surface area (Å²) in [6, 6.07) is 9.73. The molecule has 0 heterocycles. The summed E-state index contributed by atoms with van der Waals surface area (Å²) >= 11 is 5.70. The summed E-state index contributed by atoms with van der Waals surface area (Å²) in [6.07, 6.45) is 0. The van der Waals surface area contributed by atoms with Crippen LogP contribution in [-0.2, 0) is 0 Å². The zero-order chi connectivity index (χ0) is 14.7. The van der Waals surface area contributed by atoms with Crippen LogP contribution in [0.5, 0.6) is 0 Å². The van der Waals surface area contributed by atoms with Crippen LogP contribution >= 0.6 is 11.6 Å². The van der Waals surface area contributed by atoms with E-state index in [1.807, 2.05) is 0 Å². The Labute approximate surface area is 118 Å². The van der Waals surface area contributed by atoms with Gasteiger partial charge in [-0.15, -0.1) is 0 Å². The van der Waals surface area contributed by atoms with Crippen LogP contribution in [0.15, 0.2) is 42.5 Å². The molecular formula is C14H9ClFNO3. The maximum absolute atomic E-state index is 13.3. The molecule has 0 unspecified atom stereocenters. The van der Waals surface area contributed by atoms with Gasteiger partial charge in [0.05, 0.1) is 21.8 Å². The van der Waals surface area contributed by atoms with Gasteiger partial charge >= 0.3 is 5.97 Å². The Bertz CT molecular complexity index is 688. The molecule has 2 N–H and O–H groups in total. The second kappa shape index (κ2) is 5.71. The Kier molecular flexibility index (Phi) is 4.00. The molecule has 6 heteroatoms. The van der Waals surface area contributed by atoms with E-state index in [1.165, 1.54) is 30.3 Å². The van der Waals surface area contributed by atoms with Gasteiger partial charge in [-0.1, -0.05) is 29.8 Å². The minimum Gasteiger partial charge on any atom is -0.478 e. The lowest BCUT2D eigenvalue weighted by Gasteiger charge is -2.09. The zero-order valence-corrected chi connectivity index (χ0v) is 10.8. The lowest BCUT2D eigenvalue weighted by atomic mass is 10.1. The Balaban J connectivity index is 2.33. The normalized spacial score (nSPS) is 10.1. The van der Waals surface area contributed by atoms with Crippen molar-refractivity contribution in [3.63, 3.8) is 0 Å². The standard InChI is InChI=1S/C14H9ClFNO3/c15-12-9(5-3-6-10(12)16)13(18)17-11-7-2-1-4-8(11)14(19)20/h1-7H,(H,17,18)(H,19,20). The molecule has 0 aliphatic rings. The highest BCUT2D eigenvalue weighted by molar-refractivity contribution is 6.34. The Morgan fingerprint density at radius 2 is 1.70 bits per heavy atom. The van der Waals surface area contributed by atoms with E-state index in [-0.39, 0.29) is 21.8 Å². The molecule has 0 saturated heterocycles. The quantitative estimate of drug-likeness (QED) is 0.911. The van der Waals surface area contributed by atoms with Crippen molar-refractivity contribution in [2.45, 2.75) is 0 Å². The summed E-state index contributed by atoms with van der Waals surface area (Å²) in [6.45, 7) is 0. The van der Waals surface area contributed by atoms with E-state index in [2.05, 4.69) is 5.32 Å². The molecule has 0 fully saturated rings. The molecule has 0 saturated carbocycles. The predicted molar refractivity (Wildman–Crippen MR) is 72.8 cm³/mol. The van der Waals surface area contributed by atoms with Crippen molar-refractivity contribution in [3.8, 4) is 0 Å². The summed E-state index contributed by atoms with van der Waals surface area (Å²) < 4.78 is 13.3. The second-order valence-electron chi connectivity index (χ2n) is 3.91. The van der Waals surface area contributed by atoms with Crippen LogP contribution in [0.1, 0.15) is 20.7 Å². The van der Waals surface area contributed by atoms with E-state index in [0.29, 0.717) is 0 Å². The van der Waals surface area contributed by atoms with Gasteiger partial charge in [0, 0.05) is 0 Å². The smallest absolute Gasteiger partial charge is 0.337 e. The average molecular weight is 294 g/mol. The van der Waals surface area contributed by atoms with Gasteiger partial charge in [0.15, 0.2) is 0 Å². The van der Waals surface area contributed by atoms with Crippen molar-refractivity contribution < 1.29 is 19.1 Å². The first-order valence-corrected chi connectivity index (χ1v) is 5.96. The van der Waals surface area contributed by atoms with Crippen LogP contribution in [0.4, 0.5) is 10.1 Å². The van der Waals surface area contributed by atoms with Gasteiger partial charge in [-0.05, 0) is 24.3 Å². The number of para-hydroxylation sites is 1. The van der Waals surface area contributed by atoms with E-state index < -0.39 is 17.7 Å². The van der Waals surface area contributed by atoms with Gasteiger partial charge in [-0.2, -0.15) is 0 Å². The summed E-state index contributed by atoms with van der Waals surface area (Å²) in [4.78, 5) is 23.0. The SMILES string of the molecule is O=C(O)c1ccccc1NC(=O)c1cccc(F)c1Cl. The highest BCUT2D eigenvalue weighted by atomic mass is 35.5. The van der Waals surface area contributed by atoms with E-state index in [4.69, 9.17) is 16.7 Å². The fourth-order valence-electron chi connectivity index (χ4n) is 1.65. The molecule has 0 aliphatic carbocycles. The van der Waals surface area contributed by atoms with Crippen molar-refractivity contribution in [2.24, 2.45) is 0 Å². The number of aromatic carboxylic acids is 1. The van der Waals surface area contributed by atoms with Crippen molar-refractivity contribution in [1.82, 2.24) is 0 Å². The number of nitrogens with one attached hydrogen (secondary N) is 1. The lowest BCUT2D eigenvalue weighted by molar-refractivity contribution is 0.0698. The van der Waals surface area contributed by atoms with E-state index in [0.717, 1.165) is 6.07 Å². The average Bonchev–Trinajstić information content (AvgIpc) is 2.42. The second-order valence-corrected chi connectivity index (χ2v) is 4.28. The van der Waals surface area contributed by atoms with Crippen LogP contribution in [0, 0.1) is 5.82 Å². The first-order chi connectivity index (χ1) is 9.50. The van der Waals surface area contributed by atoms with Gasteiger partial charge in [-0.25, -0.2) is 9.18 Å². The number of hydrogen-bond donors (Lipinski definition) is 2. The monoisotopic (exact) mass is 293 g/mol. The number of rotatable bonds is 3. The zero-order valence-electron chi connectivity index (χ0n) is 10.1. The van der Waals surface area contributed by atoms with Crippen LogP contribution in [0.25, 0.3) is 0 Å². The number of carbonyl (C=O) groups excluding carboxylic acids is 1. The predicted octanol–water partition coefficient (Wildman–Crippen LogP) is 3.43. The number of hydrogen-bond acceptors (Lipinski definition) is 2. The third-order valence-corrected chi connectivity index (χ3v) is 2.99. The molecule has 2 aromatic carbocycles. The minimum atomic E-state index is -1.17. The number of benzene rings is 2. The summed E-state index contributed by atoms with van der Waals surface area (Å²) in [5.41, 5.74) is -0.00874. The number of anilines is 1. The van der Waals surface area contributed by atoms with Gasteiger partial charge < -0.3 is 10.4 Å². The molecule has 0 aliphatic heterocycles. The third kappa shape index (κ3) is 2.78. The Morgan fingerprint density at radius 1 is 1.05 bits per heavy atom. The van der Waals surface area contributed by atoms with Crippen molar-refractivity contribution in [1.29, 1.82) is 0 Å². The largest absolute Gasteiger partial charge is 0.478 e. The lowest BCUT2D eigenvalue weighted by Crippen LogP contribution is -2.15. The molecule has 2 rings (SSSR count). The molecule has 2 aromatic rings. The Hall–Kier alpha value is -2.40. The summed E-state index contributed by atoms with van der Waals surface area (Å²) in [5, 5.41) is 11.1.